The molecule has 0 N–H and O–H groups in total. The topological polar surface area (TPSA) is 29.5 Å². The third-order valence-corrected chi connectivity index (χ3v) is 7.08. The highest BCUT2D eigenvalue weighted by Crippen LogP contribution is 2.58. The van der Waals surface area contributed by atoms with Gasteiger partial charge in [0.25, 0.3) is 0 Å². The summed E-state index contributed by atoms with van der Waals surface area (Å²) in [7, 11) is 0. The van der Waals surface area contributed by atoms with E-state index in [9.17, 15) is 4.79 Å². The van der Waals surface area contributed by atoms with Gasteiger partial charge in [-0.05, 0) is 35.8 Å². The average molecular weight is 361 g/mol. The summed E-state index contributed by atoms with van der Waals surface area (Å²) in [5, 5.41) is 0. The molecule has 140 valence electrons. The van der Waals surface area contributed by atoms with E-state index in [1.54, 1.807) is 0 Å². The fourth-order valence-corrected chi connectivity index (χ4v) is 5.93. The summed E-state index contributed by atoms with van der Waals surface area (Å²) < 4.78 is 5.62. The number of Topliss-reactive ketones (excluding diaryl/α,β-unsaturated/α-hetero) is 1. The maximum absolute atomic E-state index is 13.4. The molecular weight excluding hydrogens is 334 g/mol. The molecule has 2 unspecified atom stereocenters. The van der Waals surface area contributed by atoms with E-state index >= 15 is 0 Å². The molecule has 2 aromatic rings. The van der Waals surface area contributed by atoms with Crippen LogP contribution >= 0.6 is 0 Å². The molecule has 3 nitrogen and oxygen atoms in total. The molecule has 0 spiro atoms. The van der Waals surface area contributed by atoms with Gasteiger partial charge in [0.1, 0.15) is 5.78 Å². The zero-order valence-electron chi connectivity index (χ0n) is 15.7. The van der Waals surface area contributed by atoms with Crippen molar-refractivity contribution in [2.75, 3.05) is 26.3 Å². The molecule has 1 heterocycles. The maximum atomic E-state index is 13.4. The van der Waals surface area contributed by atoms with Crippen molar-refractivity contribution >= 4 is 5.78 Å². The van der Waals surface area contributed by atoms with Crippen LogP contribution in [0.4, 0.5) is 0 Å². The van der Waals surface area contributed by atoms with Crippen molar-refractivity contribution in [3.63, 3.8) is 0 Å². The minimum Gasteiger partial charge on any atom is -0.379 e. The number of nitrogens with zero attached hydrogens (tertiary/aromatic N) is 1. The van der Waals surface area contributed by atoms with Crippen LogP contribution in [0, 0.1) is 5.92 Å². The van der Waals surface area contributed by atoms with E-state index in [2.05, 4.69) is 65.6 Å². The van der Waals surface area contributed by atoms with Crippen molar-refractivity contribution in [2.24, 2.45) is 5.92 Å². The number of ketones is 1. The highest BCUT2D eigenvalue weighted by molar-refractivity contribution is 5.86. The summed E-state index contributed by atoms with van der Waals surface area (Å²) in [4.78, 5) is 16.0. The van der Waals surface area contributed by atoms with E-state index < -0.39 is 0 Å². The Morgan fingerprint density at radius 2 is 1.33 bits per heavy atom. The first-order chi connectivity index (χ1) is 13.3. The number of carbonyl (C=O) groups excluding carboxylic acids is 1. The minimum atomic E-state index is -0.0172. The lowest BCUT2D eigenvalue weighted by molar-refractivity contribution is -0.143. The van der Waals surface area contributed by atoms with E-state index in [0.29, 0.717) is 24.0 Å². The quantitative estimate of drug-likeness (QED) is 0.827. The molecule has 1 saturated heterocycles. The van der Waals surface area contributed by atoms with Crippen molar-refractivity contribution in [3.8, 4) is 0 Å². The number of hydrogen-bond acceptors (Lipinski definition) is 3. The van der Waals surface area contributed by atoms with Crippen molar-refractivity contribution in [3.05, 3.63) is 71.8 Å². The zero-order valence-corrected chi connectivity index (χ0v) is 15.7. The molecular formula is C24H27NO2. The molecule has 4 fully saturated rings. The molecule has 27 heavy (non-hydrogen) atoms. The Labute approximate surface area is 161 Å². The van der Waals surface area contributed by atoms with E-state index in [1.165, 1.54) is 11.1 Å². The van der Waals surface area contributed by atoms with Crippen LogP contribution in [0.15, 0.2) is 60.7 Å². The van der Waals surface area contributed by atoms with Gasteiger partial charge in [0, 0.05) is 31.0 Å². The van der Waals surface area contributed by atoms with Gasteiger partial charge in [-0.1, -0.05) is 60.7 Å². The van der Waals surface area contributed by atoms with Crippen molar-refractivity contribution in [1.29, 1.82) is 0 Å². The molecule has 2 aromatic carbocycles. The Hall–Kier alpha value is -1.97. The van der Waals surface area contributed by atoms with Crippen LogP contribution in [0.5, 0.6) is 0 Å². The normalized spacial score (nSPS) is 33.9. The smallest absolute Gasteiger partial charge is 0.139 e. The Balaban J connectivity index is 1.59. The Bertz CT molecular complexity index is 748. The predicted molar refractivity (Wildman–Crippen MR) is 106 cm³/mol. The number of morpholine rings is 1. The van der Waals surface area contributed by atoms with E-state index in [0.717, 1.165) is 39.1 Å². The average Bonchev–Trinajstić information content (AvgIpc) is 2.75. The van der Waals surface area contributed by atoms with Crippen LogP contribution in [0.3, 0.4) is 0 Å². The monoisotopic (exact) mass is 361 g/mol. The second kappa shape index (κ2) is 6.88. The van der Waals surface area contributed by atoms with Crippen LogP contribution in [0.25, 0.3) is 0 Å². The highest BCUT2D eigenvalue weighted by Gasteiger charge is 2.57. The summed E-state index contributed by atoms with van der Waals surface area (Å²) in [5.41, 5.74) is 2.64. The third-order valence-electron chi connectivity index (χ3n) is 7.08. The molecule has 3 saturated carbocycles. The predicted octanol–water partition coefficient (Wildman–Crippen LogP) is 4.01. The first kappa shape index (κ1) is 17.2. The molecule has 4 aliphatic rings. The van der Waals surface area contributed by atoms with Gasteiger partial charge in [-0.25, -0.2) is 0 Å². The van der Waals surface area contributed by atoms with Crippen LogP contribution < -0.4 is 0 Å². The van der Waals surface area contributed by atoms with Crippen LogP contribution in [-0.4, -0.2) is 42.5 Å². The molecule has 0 radical (unpaired) electrons. The summed E-state index contributed by atoms with van der Waals surface area (Å²) in [6, 6.07) is 21.4. The highest BCUT2D eigenvalue weighted by atomic mass is 16.5. The number of ether oxygens (including phenoxy) is 1. The third kappa shape index (κ3) is 2.94. The Kier molecular flexibility index (Phi) is 4.37. The Morgan fingerprint density at radius 1 is 0.815 bits per heavy atom. The van der Waals surface area contributed by atoms with Gasteiger partial charge in [0.15, 0.2) is 0 Å². The number of hydrogen-bond donors (Lipinski definition) is 0. The molecule has 1 aliphatic heterocycles. The largest absolute Gasteiger partial charge is 0.379 e. The number of carbonyl (C=O) groups is 1. The Morgan fingerprint density at radius 3 is 1.85 bits per heavy atom. The summed E-state index contributed by atoms with van der Waals surface area (Å²) in [5.74, 6) is 1.20. The molecule has 2 bridgehead atoms. The van der Waals surface area contributed by atoms with Gasteiger partial charge in [-0.2, -0.15) is 0 Å². The summed E-state index contributed by atoms with van der Waals surface area (Å²) in [6.45, 7) is 3.46. The van der Waals surface area contributed by atoms with Crippen molar-refractivity contribution < 1.29 is 9.53 Å². The molecule has 0 amide bonds. The minimum absolute atomic E-state index is 0.0172. The SMILES string of the molecule is O=C1CC2(N3CCOCC3)CC(c3ccccc3)C1C(c1ccccc1)C2. The maximum Gasteiger partial charge on any atom is 0.139 e. The van der Waals surface area contributed by atoms with E-state index in [4.69, 9.17) is 4.74 Å². The lowest BCUT2D eigenvalue weighted by Crippen LogP contribution is -2.63. The van der Waals surface area contributed by atoms with E-state index in [-0.39, 0.29) is 11.5 Å². The van der Waals surface area contributed by atoms with Crippen molar-refractivity contribution in [2.45, 2.75) is 36.6 Å². The zero-order chi connectivity index (χ0) is 18.3. The van der Waals surface area contributed by atoms with Gasteiger partial charge in [0.2, 0.25) is 0 Å². The van der Waals surface area contributed by atoms with Gasteiger partial charge in [-0.3, -0.25) is 9.69 Å². The first-order valence-electron chi connectivity index (χ1n) is 10.2. The number of fused-ring (bicyclic) bond motifs is 3. The lowest BCUT2D eigenvalue weighted by Gasteiger charge is -2.59. The summed E-state index contributed by atoms with van der Waals surface area (Å²) in [6.07, 6.45) is 2.90. The molecule has 0 aromatic heterocycles. The van der Waals surface area contributed by atoms with Crippen LogP contribution in [-0.2, 0) is 9.53 Å². The molecule has 6 rings (SSSR count). The van der Waals surface area contributed by atoms with Crippen LogP contribution in [0.2, 0.25) is 0 Å². The van der Waals surface area contributed by atoms with Gasteiger partial charge in [-0.15, -0.1) is 0 Å². The fraction of sp³-hybridized carbons (Fsp3) is 0.458. The molecule has 2 atom stereocenters. The second-order valence-corrected chi connectivity index (χ2v) is 8.44. The molecule has 3 aliphatic carbocycles. The number of benzene rings is 2. The molecule has 3 heteroatoms. The van der Waals surface area contributed by atoms with E-state index in [1.807, 2.05) is 0 Å². The van der Waals surface area contributed by atoms with Gasteiger partial charge in [0.05, 0.1) is 13.2 Å². The van der Waals surface area contributed by atoms with Crippen LogP contribution in [0.1, 0.15) is 42.2 Å². The first-order valence-corrected chi connectivity index (χ1v) is 10.2. The second-order valence-electron chi connectivity index (χ2n) is 8.44. The van der Waals surface area contributed by atoms with Crippen molar-refractivity contribution in [1.82, 2.24) is 4.90 Å². The van der Waals surface area contributed by atoms with Gasteiger partial charge < -0.3 is 4.74 Å². The lowest BCUT2D eigenvalue weighted by atomic mass is 9.52. The fourth-order valence-electron chi connectivity index (χ4n) is 5.93. The standard InChI is InChI=1S/C24H27NO2/c26-22-17-24(25-11-13-27-14-12-25)15-20(18-7-3-1-4-8-18)23(22)21(16-24)19-9-5-2-6-10-19/h1-10,20-21,23H,11-17H2. The van der Waals surface area contributed by atoms with Gasteiger partial charge >= 0.3 is 0 Å². The summed E-state index contributed by atoms with van der Waals surface area (Å²) >= 11 is 0. The number of rotatable bonds is 3.